The molecular formula is C77H131N23O2S2. The van der Waals surface area contributed by atoms with Gasteiger partial charge in [-0.2, -0.15) is 25.6 Å². The van der Waals surface area contributed by atoms with Gasteiger partial charge in [-0.15, -0.1) is 26.6 Å². The second-order valence-corrected chi connectivity index (χ2v) is 30.0. The number of piperazine rings is 1. The molecule has 11 heterocycles. The number of nitrogens with one attached hydrogen (secondary N) is 3. The largest absolute Gasteiger partial charge is 0.425 e. The molecule has 0 saturated carbocycles. The van der Waals surface area contributed by atoms with Gasteiger partial charge in [-0.05, 0) is 107 Å². The van der Waals surface area contributed by atoms with E-state index in [1.54, 1.807) is 67.2 Å². The minimum Gasteiger partial charge on any atom is -0.425 e. The molecule has 11 rings (SSSR count). The van der Waals surface area contributed by atoms with Crippen molar-refractivity contribution >= 4 is 51.2 Å². The minimum absolute atomic E-state index is 0. The Balaban J connectivity index is 0.00000112. The third-order valence-corrected chi connectivity index (χ3v) is 16.4. The lowest BCUT2D eigenvalue weighted by Gasteiger charge is -2.34. The highest BCUT2D eigenvalue weighted by atomic mass is 32.2. The van der Waals surface area contributed by atoms with Gasteiger partial charge < -0.3 is 31.3 Å². The van der Waals surface area contributed by atoms with E-state index in [9.17, 15) is 0 Å². The number of hydrogen-bond donors (Lipinski definition) is 6. The maximum atomic E-state index is 5.46. The number of H-pyrrole nitrogens is 1. The lowest BCUT2D eigenvalue weighted by molar-refractivity contribution is 0.126. The second kappa shape index (κ2) is 51.6. The van der Waals surface area contributed by atoms with Crippen LogP contribution in [-0.4, -0.2) is 130 Å². The Morgan fingerprint density at radius 2 is 1.11 bits per heavy atom. The van der Waals surface area contributed by atoms with Crippen molar-refractivity contribution in [3.05, 3.63) is 172 Å². The van der Waals surface area contributed by atoms with Gasteiger partial charge in [-0.3, -0.25) is 20.0 Å². The number of nitrogens with two attached hydrogens (primary N) is 3. The molecule has 8 aromatic heterocycles. The van der Waals surface area contributed by atoms with E-state index < -0.39 is 0 Å². The molecule has 0 bridgehead atoms. The molecule has 0 radical (unpaired) electrons. The molecule has 8 aromatic rings. The van der Waals surface area contributed by atoms with E-state index in [0.717, 1.165) is 44.8 Å². The smallest absolute Gasteiger partial charge is 0.219 e. The number of hydrazone groups is 2. The zero-order valence-electron chi connectivity index (χ0n) is 67.1. The number of aromatic amines is 1. The summed E-state index contributed by atoms with van der Waals surface area (Å²) < 4.78 is 12.1. The van der Waals surface area contributed by atoms with Crippen LogP contribution in [0.15, 0.2) is 124 Å². The van der Waals surface area contributed by atoms with Gasteiger partial charge in [0, 0.05) is 111 Å². The number of rotatable bonds is 11. The fraction of sp³-hybridized carbons (Fsp3) is 0.558. The predicted molar refractivity (Wildman–Crippen MR) is 437 cm³/mol. The Hall–Kier alpha value is -8.53. The van der Waals surface area contributed by atoms with Crippen molar-refractivity contribution in [3.63, 3.8) is 0 Å². The average Bonchev–Trinajstić information content (AvgIpc) is 1.79. The fourth-order valence-electron chi connectivity index (χ4n) is 7.73. The summed E-state index contributed by atoms with van der Waals surface area (Å²) in [5.41, 5.74) is 30.0. The Labute approximate surface area is 633 Å². The number of likely N-dealkylation sites (N-methyl/N-ethyl adjacent to an activating group) is 1. The van der Waals surface area contributed by atoms with Gasteiger partial charge >= 0.3 is 0 Å². The van der Waals surface area contributed by atoms with Crippen molar-refractivity contribution in [2.45, 2.75) is 234 Å². The van der Waals surface area contributed by atoms with Gasteiger partial charge in [-0.25, -0.2) is 35.3 Å². The average molecular weight is 1480 g/mol. The summed E-state index contributed by atoms with van der Waals surface area (Å²) in [5.74, 6) is 9.54. The Morgan fingerprint density at radius 3 is 1.40 bits per heavy atom. The highest BCUT2D eigenvalue weighted by Crippen LogP contribution is 2.24. The number of thiazole rings is 1. The fourth-order valence-corrected chi connectivity index (χ4v) is 9.18. The summed E-state index contributed by atoms with van der Waals surface area (Å²) in [6.45, 7) is 64.5. The Kier molecular flexibility index (Phi) is 47.4. The SMILES string of the molecule is C.C=C1NN=C(C(C)C)O1.C=C1NN=C(C(C)C)S1.CC(C)N1CCN(C)CC1.CC(C)c1ccc(N)cn1.CC(C)c1ccc(N)nc1.CC(C)c1cn[nH]n1.CC(C)c1ncc(N)cn1.CC(C)c1ncccn1.Cc1cc(C(C)C)nn1C.Cc1nc(C(C)C)cs1.Cc1nnc(C(C)C)o1. The number of pyridine rings is 2. The van der Waals surface area contributed by atoms with E-state index in [1.807, 2.05) is 96.7 Å². The van der Waals surface area contributed by atoms with Crippen molar-refractivity contribution in [2.75, 3.05) is 50.4 Å². The topological polar surface area (TPSA) is 331 Å². The highest BCUT2D eigenvalue weighted by Gasteiger charge is 2.17. The molecule has 1 fully saturated rings. The number of aromatic nitrogens is 14. The molecule has 0 amide bonds. The van der Waals surface area contributed by atoms with Crippen molar-refractivity contribution in [2.24, 2.45) is 29.1 Å². The molecule has 104 heavy (non-hydrogen) atoms. The highest BCUT2D eigenvalue weighted by molar-refractivity contribution is 8.17. The molecule has 0 atom stereocenters. The summed E-state index contributed by atoms with van der Waals surface area (Å²) in [6.07, 6.45) is 12.0. The molecule has 3 aliphatic heterocycles. The number of aryl methyl sites for hydroxylation is 4. The molecule has 0 aliphatic carbocycles. The molecule has 0 unspecified atom stereocenters. The van der Waals surface area contributed by atoms with Crippen molar-refractivity contribution in [1.29, 1.82) is 0 Å². The first-order valence-electron chi connectivity index (χ1n) is 35.5. The summed E-state index contributed by atoms with van der Waals surface area (Å²) in [5, 5.41) is 35.2. The number of nitrogen functional groups attached to an aromatic ring is 3. The second-order valence-electron chi connectivity index (χ2n) is 27.8. The minimum atomic E-state index is 0. The van der Waals surface area contributed by atoms with Gasteiger partial charge in [0.25, 0.3) is 0 Å². The first-order chi connectivity index (χ1) is 48.3. The van der Waals surface area contributed by atoms with Crippen molar-refractivity contribution in [1.82, 2.24) is 90.9 Å². The quantitative estimate of drug-likeness (QED) is 0.0700. The molecule has 0 aromatic carbocycles. The normalized spacial score (nSPS) is 12.9. The predicted octanol–water partition coefficient (Wildman–Crippen LogP) is 17.3. The van der Waals surface area contributed by atoms with Crippen LogP contribution >= 0.6 is 23.1 Å². The molecule has 9 N–H and O–H groups in total. The molecule has 578 valence electrons. The third-order valence-electron chi connectivity index (χ3n) is 14.5. The van der Waals surface area contributed by atoms with E-state index >= 15 is 0 Å². The lowest BCUT2D eigenvalue weighted by Crippen LogP contribution is -2.47. The first-order valence-corrected chi connectivity index (χ1v) is 37.2. The number of anilines is 3. The van der Waals surface area contributed by atoms with E-state index in [0.29, 0.717) is 94.2 Å². The molecule has 0 spiro atoms. The van der Waals surface area contributed by atoms with Crippen LogP contribution < -0.4 is 28.1 Å². The van der Waals surface area contributed by atoms with Gasteiger partial charge in [0.1, 0.15) is 22.5 Å². The van der Waals surface area contributed by atoms with E-state index in [1.165, 1.54) is 53.8 Å². The summed E-state index contributed by atoms with van der Waals surface area (Å²) in [4.78, 5) is 33.6. The van der Waals surface area contributed by atoms with Crippen molar-refractivity contribution < 1.29 is 9.15 Å². The Bertz CT molecular complexity index is 3350. The summed E-state index contributed by atoms with van der Waals surface area (Å²) >= 11 is 3.34. The number of ether oxygens (including phenoxy) is 1. The van der Waals surface area contributed by atoms with E-state index in [4.69, 9.17) is 26.4 Å². The monoisotopic (exact) mass is 1470 g/mol. The number of nitrogens with zero attached hydrogens (tertiary/aromatic N) is 17. The standard InChI is InChI=1S/C8H18N2.C8H14N2.2C8H12N2.C7H11N3.C7H10N2.C7H11NS.2C6H10N2O.C6H10N2S.C5H9N3.CH4/c1-8(2)10-6-4-9(3)5-7-10;1-6(2)8-5-7(3)10(4)9-8;1-6(2)8-4-3-7(9)5-10-8;1-6(2)7-3-4-8(9)10-5-7;1-5(2)7-9-3-6(8)4-10-7;1-6(2)7-8-4-3-5-9-7;1-5(2)7-4-9-6(3)8-7;3*1-4(2)6-8-7-5(3)9-6;1-4(2)5-3-6-8-7-5;/h8H,4-7H2,1-3H3;5-6H,1-4H3;3-6H,9H2,1-2H3;3-6H,1-2H3,(H2,9,10);3-5H,8H2,1-2H3;3-6H,1-2H3;4-5H,1-3H3;4H,1-3H3;2*4,7H,3H2,1-2H3;3-4H,1-2H3,(H,6,7,8);1H4. The molecule has 1 saturated heterocycles. The van der Waals surface area contributed by atoms with Crippen LogP contribution in [0, 0.1) is 32.6 Å². The van der Waals surface area contributed by atoms with E-state index in [2.05, 4.69) is 246 Å². The van der Waals surface area contributed by atoms with E-state index in [-0.39, 0.29) is 7.43 Å². The summed E-state index contributed by atoms with van der Waals surface area (Å²) in [7, 11) is 4.17. The van der Waals surface area contributed by atoms with Crippen LogP contribution in [0.4, 0.5) is 17.2 Å². The van der Waals surface area contributed by atoms with Crippen molar-refractivity contribution in [3.8, 4) is 0 Å². The van der Waals surface area contributed by atoms with Gasteiger partial charge in [0.05, 0.1) is 63.3 Å². The van der Waals surface area contributed by atoms with Crippen LogP contribution in [0.2, 0.25) is 0 Å². The van der Waals surface area contributed by atoms with Crippen LogP contribution in [-0.2, 0) is 11.8 Å². The first kappa shape index (κ1) is 95.5. The lowest BCUT2D eigenvalue weighted by atomic mass is 10.1. The van der Waals surface area contributed by atoms with Crippen LogP contribution in [0.5, 0.6) is 0 Å². The molecule has 25 nitrogen and oxygen atoms in total. The molecule has 27 heteroatoms. The molecular weight excluding hydrogens is 1340 g/mol. The molecule has 3 aliphatic rings. The zero-order valence-corrected chi connectivity index (χ0v) is 68.8. The maximum absolute atomic E-state index is 5.46. The zero-order chi connectivity index (χ0) is 78.1. The van der Waals surface area contributed by atoms with Gasteiger partial charge in [0.15, 0.2) is 0 Å². The number of thioether (sulfide) groups is 1. The Morgan fingerprint density at radius 1 is 0.538 bits per heavy atom. The van der Waals surface area contributed by atoms with Crippen LogP contribution in [0.25, 0.3) is 0 Å². The van der Waals surface area contributed by atoms with Crippen LogP contribution in [0.3, 0.4) is 0 Å². The van der Waals surface area contributed by atoms with Crippen LogP contribution in [0.1, 0.15) is 270 Å². The van der Waals surface area contributed by atoms with Gasteiger partial charge in [0.2, 0.25) is 23.6 Å². The summed E-state index contributed by atoms with van der Waals surface area (Å²) in [6, 6.07) is 12.4. The number of hydrogen-bond acceptors (Lipinski definition) is 25. The maximum Gasteiger partial charge on any atom is 0.219 e. The third kappa shape index (κ3) is 41.7. The van der Waals surface area contributed by atoms with Gasteiger partial charge in [-0.1, -0.05) is 170 Å².